The molecule has 2 heterocycles. The summed E-state index contributed by atoms with van der Waals surface area (Å²) in [5.74, 6) is 0.636. The lowest BCUT2D eigenvalue weighted by Crippen LogP contribution is -2.00. The molecule has 0 spiro atoms. The van der Waals surface area contributed by atoms with E-state index in [0.717, 1.165) is 33.0 Å². The SMILES string of the molecule is Cn1c2c(c3cccc(CO)c31)CSc1cc(F)ccc1-2. The molecular weight excluding hydrogens is 285 g/mol. The van der Waals surface area contributed by atoms with Crippen molar-refractivity contribution in [2.45, 2.75) is 17.3 Å². The van der Waals surface area contributed by atoms with Gasteiger partial charge in [0.15, 0.2) is 0 Å². The van der Waals surface area contributed by atoms with Gasteiger partial charge in [-0.15, -0.1) is 11.8 Å². The first kappa shape index (κ1) is 12.9. The Morgan fingerprint density at radius 1 is 1.29 bits per heavy atom. The zero-order valence-corrected chi connectivity index (χ0v) is 12.4. The second kappa shape index (κ2) is 4.61. The minimum Gasteiger partial charge on any atom is -0.392 e. The number of rotatable bonds is 1. The Hall–Kier alpha value is -1.78. The quantitative estimate of drug-likeness (QED) is 0.732. The van der Waals surface area contributed by atoms with Gasteiger partial charge < -0.3 is 9.67 Å². The van der Waals surface area contributed by atoms with E-state index in [9.17, 15) is 9.50 Å². The smallest absolute Gasteiger partial charge is 0.124 e. The van der Waals surface area contributed by atoms with Crippen molar-refractivity contribution in [3.8, 4) is 11.3 Å². The maximum absolute atomic E-state index is 13.4. The van der Waals surface area contributed by atoms with Crippen LogP contribution in [-0.4, -0.2) is 9.67 Å². The molecule has 106 valence electrons. The fraction of sp³-hybridized carbons (Fsp3) is 0.176. The van der Waals surface area contributed by atoms with Crippen molar-refractivity contribution in [1.82, 2.24) is 4.57 Å². The molecule has 0 atom stereocenters. The first-order chi connectivity index (χ1) is 10.2. The highest BCUT2D eigenvalue weighted by Crippen LogP contribution is 2.46. The van der Waals surface area contributed by atoms with Gasteiger partial charge in [-0.05, 0) is 23.8 Å². The molecule has 3 aromatic rings. The number of nitrogens with zero attached hydrogens (tertiary/aromatic N) is 1. The van der Waals surface area contributed by atoms with E-state index in [0.29, 0.717) is 0 Å². The van der Waals surface area contributed by atoms with Crippen LogP contribution in [0.2, 0.25) is 0 Å². The van der Waals surface area contributed by atoms with Crippen molar-refractivity contribution in [1.29, 1.82) is 0 Å². The van der Waals surface area contributed by atoms with Gasteiger partial charge in [-0.2, -0.15) is 0 Å². The number of benzene rings is 2. The van der Waals surface area contributed by atoms with E-state index in [1.807, 2.05) is 25.2 Å². The van der Waals surface area contributed by atoms with Crippen LogP contribution in [0.5, 0.6) is 0 Å². The summed E-state index contributed by atoms with van der Waals surface area (Å²) in [4.78, 5) is 0.985. The standard InChI is InChI=1S/C17H14FNOS/c1-19-16-10(8-20)3-2-4-12(16)14-9-21-15-7-11(18)5-6-13(15)17(14)19/h2-7,20H,8-9H2,1H3. The van der Waals surface area contributed by atoms with Crippen LogP contribution in [-0.2, 0) is 19.4 Å². The van der Waals surface area contributed by atoms with Gasteiger partial charge >= 0.3 is 0 Å². The van der Waals surface area contributed by atoms with Crippen LogP contribution >= 0.6 is 11.8 Å². The Labute approximate surface area is 126 Å². The van der Waals surface area contributed by atoms with Gasteiger partial charge in [-0.1, -0.05) is 18.2 Å². The molecule has 1 aromatic heterocycles. The van der Waals surface area contributed by atoms with E-state index in [4.69, 9.17) is 0 Å². The van der Waals surface area contributed by atoms with Crippen LogP contribution in [0.3, 0.4) is 0 Å². The number of fused-ring (bicyclic) bond motifs is 5. The lowest BCUT2D eigenvalue weighted by molar-refractivity contribution is 0.283. The number of halogens is 1. The van der Waals surface area contributed by atoms with E-state index < -0.39 is 0 Å². The number of aliphatic hydroxyl groups is 1. The number of hydrogen-bond acceptors (Lipinski definition) is 2. The fourth-order valence-electron chi connectivity index (χ4n) is 3.25. The molecule has 2 aromatic carbocycles. The van der Waals surface area contributed by atoms with E-state index in [2.05, 4.69) is 10.6 Å². The van der Waals surface area contributed by atoms with E-state index in [-0.39, 0.29) is 12.4 Å². The van der Waals surface area contributed by atoms with Crippen LogP contribution in [0.15, 0.2) is 41.3 Å². The highest BCUT2D eigenvalue weighted by Gasteiger charge is 2.24. The molecule has 21 heavy (non-hydrogen) atoms. The van der Waals surface area contributed by atoms with Crippen LogP contribution in [0.25, 0.3) is 22.2 Å². The number of para-hydroxylation sites is 1. The maximum atomic E-state index is 13.4. The molecule has 0 radical (unpaired) electrons. The predicted octanol–water partition coefficient (Wildman–Crippen LogP) is 4.08. The summed E-state index contributed by atoms with van der Waals surface area (Å²) < 4.78 is 15.6. The summed E-state index contributed by atoms with van der Waals surface area (Å²) in [6.07, 6.45) is 0. The second-order valence-electron chi connectivity index (χ2n) is 5.29. The normalized spacial score (nSPS) is 13.3. The molecular formula is C17H14FNOS. The predicted molar refractivity (Wildman–Crippen MR) is 83.8 cm³/mol. The van der Waals surface area contributed by atoms with Gasteiger partial charge in [0.25, 0.3) is 0 Å². The molecule has 4 rings (SSSR count). The van der Waals surface area contributed by atoms with Gasteiger partial charge in [0, 0.05) is 34.2 Å². The van der Waals surface area contributed by atoms with Gasteiger partial charge in [0.05, 0.1) is 17.8 Å². The molecule has 1 N–H and O–H groups in total. The Morgan fingerprint density at radius 3 is 2.95 bits per heavy atom. The second-order valence-corrected chi connectivity index (χ2v) is 6.30. The molecule has 1 aliphatic rings. The minimum absolute atomic E-state index is 0.0253. The Balaban J connectivity index is 2.11. The number of aliphatic hydroxyl groups excluding tert-OH is 1. The molecule has 0 unspecified atom stereocenters. The van der Waals surface area contributed by atoms with Crippen molar-refractivity contribution >= 4 is 22.7 Å². The first-order valence-electron chi connectivity index (χ1n) is 6.83. The van der Waals surface area contributed by atoms with Gasteiger partial charge in [0.1, 0.15) is 5.82 Å². The Morgan fingerprint density at radius 2 is 2.14 bits per heavy atom. The first-order valence-corrected chi connectivity index (χ1v) is 7.82. The van der Waals surface area contributed by atoms with Gasteiger partial charge in [0.2, 0.25) is 0 Å². The summed E-state index contributed by atoms with van der Waals surface area (Å²) in [5, 5.41) is 10.8. The summed E-state index contributed by atoms with van der Waals surface area (Å²) in [6.45, 7) is 0.0253. The van der Waals surface area contributed by atoms with Crippen molar-refractivity contribution in [3.63, 3.8) is 0 Å². The number of hydrogen-bond donors (Lipinski definition) is 1. The molecule has 0 aliphatic carbocycles. The van der Waals surface area contributed by atoms with Crippen LogP contribution in [0, 0.1) is 5.82 Å². The van der Waals surface area contributed by atoms with Crippen LogP contribution in [0.1, 0.15) is 11.1 Å². The average molecular weight is 299 g/mol. The summed E-state index contributed by atoms with van der Waals surface area (Å²) in [6, 6.07) is 11.0. The largest absolute Gasteiger partial charge is 0.392 e. The molecule has 0 saturated carbocycles. The highest BCUT2D eigenvalue weighted by atomic mass is 32.2. The maximum Gasteiger partial charge on any atom is 0.124 e. The molecule has 0 bridgehead atoms. The highest BCUT2D eigenvalue weighted by molar-refractivity contribution is 7.98. The lowest BCUT2D eigenvalue weighted by atomic mass is 10.0. The van der Waals surface area contributed by atoms with E-state index >= 15 is 0 Å². The van der Waals surface area contributed by atoms with E-state index in [1.165, 1.54) is 17.0 Å². The van der Waals surface area contributed by atoms with Crippen LogP contribution < -0.4 is 0 Å². The molecule has 0 saturated heterocycles. The molecule has 1 aliphatic heterocycles. The van der Waals surface area contributed by atoms with Crippen molar-refractivity contribution in [2.75, 3.05) is 0 Å². The van der Waals surface area contributed by atoms with Crippen molar-refractivity contribution < 1.29 is 9.50 Å². The average Bonchev–Trinajstić information content (AvgIpc) is 2.80. The molecule has 0 fully saturated rings. The summed E-state index contributed by atoms with van der Waals surface area (Å²) in [7, 11) is 2.02. The third-order valence-corrected chi connectivity index (χ3v) is 5.22. The Bertz CT molecular complexity index is 869. The van der Waals surface area contributed by atoms with Crippen LogP contribution in [0.4, 0.5) is 4.39 Å². The van der Waals surface area contributed by atoms with Crippen molar-refractivity contribution in [3.05, 3.63) is 53.3 Å². The summed E-state index contributed by atoms with van der Waals surface area (Å²) >= 11 is 1.67. The molecule has 4 heteroatoms. The van der Waals surface area contributed by atoms with Gasteiger partial charge in [-0.3, -0.25) is 0 Å². The third-order valence-electron chi connectivity index (χ3n) is 4.14. The molecule has 2 nitrogen and oxygen atoms in total. The number of thioether (sulfide) groups is 1. The number of aromatic nitrogens is 1. The van der Waals surface area contributed by atoms with Crippen molar-refractivity contribution in [2.24, 2.45) is 7.05 Å². The lowest BCUT2D eigenvalue weighted by Gasteiger charge is -2.18. The Kier molecular flexibility index (Phi) is 2.84. The molecule has 0 amide bonds. The zero-order valence-electron chi connectivity index (χ0n) is 11.6. The van der Waals surface area contributed by atoms with Gasteiger partial charge in [-0.25, -0.2) is 4.39 Å². The number of aryl methyl sites for hydroxylation is 1. The zero-order chi connectivity index (χ0) is 14.6. The topological polar surface area (TPSA) is 25.2 Å². The van der Waals surface area contributed by atoms with E-state index in [1.54, 1.807) is 17.8 Å². The minimum atomic E-state index is -0.195. The monoisotopic (exact) mass is 299 g/mol. The fourth-order valence-corrected chi connectivity index (χ4v) is 4.36. The third kappa shape index (κ3) is 1.76. The summed E-state index contributed by atoms with van der Waals surface area (Å²) in [5.41, 5.74) is 5.48.